The third kappa shape index (κ3) is 12.6. The first-order chi connectivity index (χ1) is 22.1. The molecule has 5 amide bonds. The minimum absolute atomic E-state index is 0.0908. The van der Waals surface area contributed by atoms with Crippen LogP contribution in [0, 0.1) is 23.2 Å². The van der Waals surface area contributed by atoms with E-state index >= 15 is 0 Å². The number of ketones is 1. The van der Waals surface area contributed by atoms with Gasteiger partial charge in [-0.15, -0.1) is 6.58 Å². The van der Waals surface area contributed by atoms with Crippen LogP contribution < -0.4 is 21.7 Å². The van der Waals surface area contributed by atoms with Crippen molar-refractivity contribution in [3.8, 4) is 0 Å². The van der Waals surface area contributed by atoms with Gasteiger partial charge in [0.05, 0.1) is 6.04 Å². The molecular weight excluding hydrogens is 616 g/mol. The smallest absolute Gasteiger partial charge is 0.315 e. The maximum atomic E-state index is 14.5. The fourth-order valence-corrected chi connectivity index (χ4v) is 6.57. The van der Waals surface area contributed by atoms with E-state index in [1.54, 1.807) is 16.8 Å². The lowest BCUT2D eigenvalue weighted by atomic mass is 9.80. The maximum absolute atomic E-state index is 14.5. The van der Waals surface area contributed by atoms with Crippen LogP contribution in [-0.2, 0) is 19.2 Å². The van der Waals surface area contributed by atoms with Crippen LogP contribution in [0.1, 0.15) is 92.4 Å². The molecule has 0 aromatic carbocycles. The molecule has 11 nitrogen and oxygen atoms in total. The molecule has 0 spiro atoms. The minimum Gasteiger partial charge on any atom is -0.363 e. The summed E-state index contributed by atoms with van der Waals surface area (Å²) in [6.07, 6.45) is 14.1. The molecule has 1 aliphatic heterocycles. The van der Waals surface area contributed by atoms with Crippen LogP contribution in [0.5, 0.6) is 0 Å². The van der Waals surface area contributed by atoms with Crippen molar-refractivity contribution in [2.24, 2.45) is 28.9 Å². The average Bonchev–Trinajstić information content (AvgIpc) is 3.49. The molecular formula is C35H60N6O5S. The van der Waals surface area contributed by atoms with E-state index in [4.69, 9.17) is 5.73 Å². The molecule has 0 aromatic heterocycles. The second-order valence-corrected chi connectivity index (χ2v) is 15.4. The third-order valence-corrected chi connectivity index (χ3v) is 10.4. The molecule has 6 atom stereocenters. The summed E-state index contributed by atoms with van der Waals surface area (Å²) in [5.74, 6) is -2.60. The van der Waals surface area contributed by atoms with Crippen molar-refractivity contribution in [1.29, 1.82) is 0 Å². The monoisotopic (exact) mass is 676 g/mol. The largest absolute Gasteiger partial charge is 0.363 e. The normalized spacial score (nSPS) is 20.2. The molecule has 0 bridgehead atoms. The van der Waals surface area contributed by atoms with E-state index in [9.17, 15) is 24.0 Å². The lowest BCUT2D eigenvalue weighted by molar-refractivity contribution is -0.143. The van der Waals surface area contributed by atoms with Crippen LogP contribution in [0.25, 0.3) is 0 Å². The highest BCUT2D eigenvalue weighted by atomic mass is 32.2. The molecule has 2 fully saturated rings. The summed E-state index contributed by atoms with van der Waals surface area (Å²) in [4.78, 5) is 67.9. The van der Waals surface area contributed by atoms with Crippen molar-refractivity contribution in [3.05, 3.63) is 24.8 Å². The number of allylic oxidation sites excluding steroid dienone is 3. The number of hydrogen-bond donors (Lipinski definition) is 4. The molecule has 1 heterocycles. The van der Waals surface area contributed by atoms with E-state index in [1.807, 2.05) is 45.4 Å². The Labute approximate surface area is 286 Å². The van der Waals surface area contributed by atoms with Crippen LogP contribution in [0.3, 0.4) is 0 Å². The van der Waals surface area contributed by atoms with Crippen molar-refractivity contribution in [3.63, 3.8) is 0 Å². The highest BCUT2D eigenvalue weighted by Gasteiger charge is 2.42. The number of hydrogen-bond acceptors (Lipinski definition) is 7. The number of nitrogens with two attached hydrogens (primary N) is 1. The highest BCUT2D eigenvalue weighted by Crippen LogP contribution is 2.31. The van der Waals surface area contributed by atoms with Gasteiger partial charge in [0.2, 0.25) is 17.6 Å². The Hall–Kier alpha value is -2.86. The van der Waals surface area contributed by atoms with Crippen LogP contribution in [0.4, 0.5) is 4.79 Å². The summed E-state index contributed by atoms with van der Waals surface area (Å²) < 4.78 is 2.05. The van der Waals surface area contributed by atoms with Crippen molar-refractivity contribution in [1.82, 2.24) is 25.2 Å². The number of likely N-dealkylation sites (tertiary alicyclic amines) is 1. The number of primary amides is 1. The van der Waals surface area contributed by atoms with Gasteiger partial charge in [0.25, 0.3) is 5.91 Å². The van der Waals surface area contributed by atoms with Crippen molar-refractivity contribution >= 4 is 41.5 Å². The van der Waals surface area contributed by atoms with Gasteiger partial charge in [-0.2, -0.15) is 0 Å². The van der Waals surface area contributed by atoms with Gasteiger partial charge < -0.3 is 26.6 Å². The molecule has 2 rings (SSSR count). The highest BCUT2D eigenvalue weighted by molar-refractivity contribution is 7.96. The predicted octanol–water partition coefficient (Wildman–Crippen LogP) is 4.18. The predicted molar refractivity (Wildman–Crippen MR) is 189 cm³/mol. The fourth-order valence-electron chi connectivity index (χ4n) is 6.28. The maximum Gasteiger partial charge on any atom is 0.315 e. The topological polar surface area (TPSA) is 154 Å². The zero-order chi connectivity index (χ0) is 35.3. The van der Waals surface area contributed by atoms with E-state index in [-0.39, 0.29) is 35.1 Å². The standard InChI is InChI=1S/C35H60N6O5S/c1-9-11-12-17-25(20-23(3)10-2)29(39-34(46)38-28(35(4,5)6)22-40(7)47-8)33(45)41-19-14-18-27(41)32(44)37-26(30(42)31(36)43)21-24-15-13-16-24/h9-11,23-29H,2,12-22H2,1,3-8H3,(H2,36,43)(H,37,44)(H2,38,39,46)/b11-9-. The number of nitrogens with one attached hydrogen (secondary N) is 3. The number of amides is 5. The summed E-state index contributed by atoms with van der Waals surface area (Å²) in [6, 6.07) is -3.38. The number of carbonyl (C=O) groups is 5. The van der Waals surface area contributed by atoms with E-state index in [1.165, 1.54) is 0 Å². The number of Topliss-reactive ketones (excluding diaryl/α,β-unsaturated/α-hetero) is 1. The van der Waals surface area contributed by atoms with Gasteiger partial charge in [-0.25, -0.2) is 4.79 Å². The average molecular weight is 677 g/mol. The Kier molecular flexibility index (Phi) is 16.5. The van der Waals surface area contributed by atoms with Crippen LogP contribution in [0.2, 0.25) is 0 Å². The summed E-state index contributed by atoms with van der Waals surface area (Å²) in [6.45, 7) is 15.1. The van der Waals surface area contributed by atoms with Crippen LogP contribution >= 0.6 is 11.9 Å². The first kappa shape index (κ1) is 40.3. The summed E-state index contributed by atoms with van der Waals surface area (Å²) in [7, 11) is 1.97. The van der Waals surface area contributed by atoms with Crippen molar-refractivity contribution in [2.75, 3.05) is 26.4 Å². The second kappa shape index (κ2) is 19.2. The lowest BCUT2D eigenvalue weighted by Gasteiger charge is -2.37. The van der Waals surface area contributed by atoms with Gasteiger partial charge >= 0.3 is 6.03 Å². The Morgan fingerprint density at radius 2 is 1.77 bits per heavy atom. The van der Waals surface area contributed by atoms with Gasteiger partial charge in [-0.3, -0.25) is 23.5 Å². The number of likely N-dealkylation sites (N-methyl/N-ethyl adjacent to an activating group) is 1. The molecule has 5 N–H and O–H groups in total. The summed E-state index contributed by atoms with van der Waals surface area (Å²) in [5.41, 5.74) is 5.08. The van der Waals surface area contributed by atoms with Gasteiger partial charge in [-0.05, 0) is 81.9 Å². The van der Waals surface area contributed by atoms with E-state index in [2.05, 4.69) is 47.6 Å². The molecule has 1 aliphatic carbocycles. The van der Waals surface area contributed by atoms with Gasteiger partial charge in [0.15, 0.2) is 0 Å². The number of rotatable bonds is 19. The van der Waals surface area contributed by atoms with Gasteiger partial charge in [0, 0.05) is 19.1 Å². The van der Waals surface area contributed by atoms with Crippen molar-refractivity contribution < 1.29 is 24.0 Å². The second-order valence-electron chi connectivity index (χ2n) is 14.4. The Morgan fingerprint density at radius 1 is 1.09 bits per heavy atom. The zero-order valence-corrected chi connectivity index (χ0v) is 30.5. The van der Waals surface area contributed by atoms with E-state index < -0.39 is 41.8 Å². The number of carbonyl (C=O) groups excluding carboxylic acids is 5. The fraction of sp³-hybridized carbons (Fsp3) is 0.743. The van der Waals surface area contributed by atoms with Gasteiger partial charge in [-0.1, -0.05) is 77.1 Å². The Balaban J connectivity index is 2.39. The third-order valence-electron chi connectivity index (χ3n) is 9.65. The Bertz CT molecular complexity index is 1120. The molecule has 12 heteroatoms. The minimum atomic E-state index is -1.08. The van der Waals surface area contributed by atoms with E-state index in [0.29, 0.717) is 45.2 Å². The molecule has 0 aromatic rings. The Morgan fingerprint density at radius 3 is 2.30 bits per heavy atom. The molecule has 1 saturated carbocycles. The SMILES string of the molecule is C=CC(C)CC(CC/C=C\C)C(NC(=O)NC(CN(C)SC)C(C)(C)C)C(=O)N1CCCC1C(=O)NC(CC1CCC1)C(=O)C(N)=O. The molecule has 0 radical (unpaired) electrons. The number of nitrogens with zero attached hydrogens (tertiary/aromatic N) is 2. The quantitative estimate of drug-likeness (QED) is 0.0910. The zero-order valence-electron chi connectivity index (χ0n) is 29.7. The first-order valence-electron chi connectivity index (χ1n) is 17.1. The van der Waals surface area contributed by atoms with Crippen LogP contribution in [-0.4, -0.2) is 89.3 Å². The van der Waals surface area contributed by atoms with E-state index in [0.717, 1.165) is 25.7 Å². The summed E-state index contributed by atoms with van der Waals surface area (Å²) in [5, 5.41) is 8.95. The first-order valence-corrected chi connectivity index (χ1v) is 18.3. The number of urea groups is 1. The molecule has 2 aliphatic rings. The molecule has 6 unspecified atom stereocenters. The van der Waals surface area contributed by atoms with Gasteiger partial charge in [0.1, 0.15) is 12.1 Å². The molecule has 47 heavy (non-hydrogen) atoms. The van der Waals surface area contributed by atoms with Crippen molar-refractivity contribution in [2.45, 2.75) is 117 Å². The summed E-state index contributed by atoms with van der Waals surface area (Å²) >= 11 is 1.58. The lowest BCUT2D eigenvalue weighted by Crippen LogP contribution is -2.60. The van der Waals surface area contributed by atoms with Crippen LogP contribution in [0.15, 0.2) is 24.8 Å². The molecule has 1 saturated heterocycles. The molecule has 266 valence electrons.